The number of benzene rings is 2. The van der Waals surface area contributed by atoms with Crippen LogP contribution in [0.1, 0.15) is 15.9 Å². The zero-order chi connectivity index (χ0) is 20.0. The number of amides is 3. The van der Waals surface area contributed by atoms with Crippen molar-refractivity contribution >= 4 is 23.4 Å². The Morgan fingerprint density at radius 2 is 1.59 bits per heavy atom. The molecule has 3 amide bonds. The molecule has 0 aromatic heterocycles. The number of hydrogen-bond donors (Lipinski definition) is 2. The van der Waals surface area contributed by atoms with Crippen LogP contribution in [-0.2, 0) is 9.59 Å². The molecule has 8 heteroatoms. The van der Waals surface area contributed by atoms with E-state index < -0.39 is 35.9 Å². The van der Waals surface area contributed by atoms with Gasteiger partial charge in [0, 0.05) is 24.4 Å². The van der Waals surface area contributed by atoms with Crippen LogP contribution in [0.2, 0.25) is 0 Å². The lowest BCUT2D eigenvalue weighted by Gasteiger charge is -2.17. The number of aryl methyl sites for hydroxylation is 1. The van der Waals surface area contributed by atoms with Crippen molar-refractivity contribution in [2.24, 2.45) is 0 Å². The van der Waals surface area contributed by atoms with Crippen LogP contribution in [0.15, 0.2) is 42.5 Å². The van der Waals surface area contributed by atoms with Gasteiger partial charge in [0.2, 0.25) is 11.8 Å². The quantitative estimate of drug-likeness (QED) is 0.812. The second-order valence-electron chi connectivity index (χ2n) is 6.00. The minimum Gasteiger partial charge on any atom is -0.343 e. The molecular formula is C19H19F2N3O3. The van der Waals surface area contributed by atoms with E-state index in [0.29, 0.717) is 11.8 Å². The molecule has 0 unspecified atom stereocenters. The van der Waals surface area contributed by atoms with Crippen molar-refractivity contribution in [3.63, 3.8) is 0 Å². The molecule has 6 nitrogen and oxygen atoms in total. The molecule has 2 aromatic rings. The summed E-state index contributed by atoms with van der Waals surface area (Å²) in [4.78, 5) is 37.0. The van der Waals surface area contributed by atoms with Crippen LogP contribution in [0.5, 0.6) is 0 Å². The molecule has 0 aliphatic rings. The minimum absolute atomic E-state index is 0.211. The summed E-state index contributed by atoms with van der Waals surface area (Å²) in [5, 5.41) is 4.92. The number of rotatable bonds is 6. The van der Waals surface area contributed by atoms with Gasteiger partial charge in [-0.25, -0.2) is 8.78 Å². The molecule has 0 spiro atoms. The van der Waals surface area contributed by atoms with Gasteiger partial charge in [-0.3, -0.25) is 14.4 Å². The van der Waals surface area contributed by atoms with Gasteiger partial charge in [0.15, 0.2) is 0 Å². The molecule has 0 saturated carbocycles. The number of nitrogens with one attached hydrogen (secondary N) is 2. The van der Waals surface area contributed by atoms with E-state index >= 15 is 0 Å². The third-order valence-electron chi connectivity index (χ3n) is 3.67. The van der Waals surface area contributed by atoms with Gasteiger partial charge in [-0.05, 0) is 31.2 Å². The summed E-state index contributed by atoms with van der Waals surface area (Å²) in [5.74, 6) is -3.50. The second-order valence-corrected chi connectivity index (χ2v) is 6.00. The summed E-state index contributed by atoms with van der Waals surface area (Å²) >= 11 is 0. The summed E-state index contributed by atoms with van der Waals surface area (Å²) < 4.78 is 26.2. The maximum absolute atomic E-state index is 13.1. The molecule has 0 bridgehead atoms. The smallest absolute Gasteiger partial charge is 0.251 e. The molecule has 0 fully saturated rings. The van der Waals surface area contributed by atoms with Crippen molar-refractivity contribution < 1.29 is 23.2 Å². The van der Waals surface area contributed by atoms with Gasteiger partial charge in [0.25, 0.3) is 5.91 Å². The highest BCUT2D eigenvalue weighted by atomic mass is 19.1. The fourth-order valence-corrected chi connectivity index (χ4v) is 2.22. The zero-order valence-corrected chi connectivity index (χ0v) is 14.9. The van der Waals surface area contributed by atoms with Crippen molar-refractivity contribution in [3.05, 3.63) is 65.2 Å². The molecule has 0 aliphatic heterocycles. The summed E-state index contributed by atoms with van der Waals surface area (Å²) in [6.07, 6.45) is 0. The first-order valence-electron chi connectivity index (χ1n) is 8.09. The first-order valence-corrected chi connectivity index (χ1v) is 8.09. The van der Waals surface area contributed by atoms with E-state index in [1.807, 2.05) is 19.1 Å². The summed E-state index contributed by atoms with van der Waals surface area (Å²) in [6.45, 7) is 1.30. The van der Waals surface area contributed by atoms with Crippen molar-refractivity contribution in [2.45, 2.75) is 6.92 Å². The average molecular weight is 375 g/mol. The SMILES string of the molecule is Cc1ccc(NC(=O)CN(C)C(=O)CNC(=O)c2cc(F)cc(F)c2)cc1. The molecule has 0 saturated heterocycles. The van der Waals surface area contributed by atoms with Gasteiger partial charge in [0.05, 0.1) is 13.1 Å². The monoisotopic (exact) mass is 375 g/mol. The maximum atomic E-state index is 13.1. The molecule has 2 rings (SSSR count). The van der Waals surface area contributed by atoms with Crippen LogP contribution in [0, 0.1) is 18.6 Å². The number of likely N-dealkylation sites (N-methyl/N-ethyl adjacent to an activating group) is 1. The molecule has 2 aromatic carbocycles. The lowest BCUT2D eigenvalue weighted by Crippen LogP contribution is -2.41. The molecule has 0 heterocycles. The van der Waals surface area contributed by atoms with Gasteiger partial charge in [-0.2, -0.15) is 0 Å². The first-order chi connectivity index (χ1) is 12.7. The van der Waals surface area contributed by atoms with Gasteiger partial charge < -0.3 is 15.5 Å². The van der Waals surface area contributed by atoms with Gasteiger partial charge in [-0.15, -0.1) is 0 Å². The Kier molecular flexibility index (Phi) is 6.59. The molecular weight excluding hydrogens is 356 g/mol. The van der Waals surface area contributed by atoms with Crippen LogP contribution in [0.25, 0.3) is 0 Å². The first kappa shape index (κ1) is 20.0. The Hall–Kier alpha value is -3.29. The highest BCUT2D eigenvalue weighted by molar-refractivity contribution is 5.98. The third kappa shape index (κ3) is 6.18. The molecule has 0 atom stereocenters. The topological polar surface area (TPSA) is 78.5 Å². The summed E-state index contributed by atoms with van der Waals surface area (Å²) in [5.41, 5.74) is 1.42. The maximum Gasteiger partial charge on any atom is 0.251 e. The largest absolute Gasteiger partial charge is 0.343 e. The minimum atomic E-state index is -0.892. The number of carbonyl (C=O) groups is 3. The van der Waals surface area contributed by atoms with Gasteiger partial charge >= 0.3 is 0 Å². The van der Waals surface area contributed by atoms with Crippen LogP contribution in [-0.4, -0.2) is 42.8 Å². The van der Waals surface area contributed by atoms with Crippen molar-refractivity contribution in [1.82, 2.24) is 10.2 Å². The van der Waals surface area contributed by atoms with Crippen LogP contribution in [0.3, 0.4) is 0 Å². The Bertz CT molecular complexity index is 834. The second kappa shape index (κ2) is 8.88. The fraction of sp³-hybridized carbons (Fsp3) is 0.211. The summed E-state index contributed by atoms with van der Waals surface area (Å²) in [7, 11) is 1.41. The van der Waals surface area contributed by atoms with Crippen LogP contribution >= 0.6 is 0 Å². The number of halogens is 2. The predicted octanol–water partition coefficient (Wildman–Crippen LogP) is 2.10. The van der Waals surface area contributed by atoms with E-state index in [2.05, 4.69) is 10.6 Å². The van der Waals surface area contributed by atoms with E-state index in [0.717, 1.165) is 22.6 Å². The van der Waals surface area contributed by atoms with Gasteiger partial charge in [0.1, 0.15) is 11.6 Å². The molecule has 2 N–H and O–H groups in total. The standard InChI is InChI=1S/C19H19F2N3O3/c1-12-3-5-16(6-4-12)23-17(25)11-24(2)18(26)10-22-19(27)13-7-14(20)9-15(21)8-13/h3-9H,10-11H2,1-2H3,(H,22,27)(H,23,25). The number of hydrogen-bond acceptors (Lipinski definition) is 3. The number of anilines is 1. The van der Waals surface area contributed by atoms with Crippen LogP contribution in [0.4, 0.5) is 14.5 Å². The number of carbonyl (C=O) groups excluding carboxylic acids is 3. The summed E-state index contributed by atoms with van der Waals surface area (Å²) in [6, 6.07) is 9.54. The average Bonchev–Trinajstić information content (AvgIpc) is 2.60. The van der Waals surface area contributed by atoms with E-state index in [-0.39, 0.29) is 12.1 Å². The highest BCUT2D eigenvalue weighted by Crippen LogP contribution is 2.09. The normalized spacial score (nSPS) is 10.2. The Morgan fingerprint density at radius 1 is 1.00 bits per heavy atom. The lowest BCUT2D eigenvalue weighted by molar-refractivity contribution is -0.132. The highest BCUT2D eigenvalue weighted by Gasteiger charge is 2.15. The van der Waals surface area contributed by atoms with E-state index in [9.17, 15) is 23.2 Å². The van der Waals surface area contributed by atoms with E-state index in [4.69, 9.17) is 0 Å². The van der Waals surface area contributed by atoms with Crippen LogP contribution < -0.4 is 10.6 Å². The molecule has 142 valence electrons. The van der Waals surface area contributed by atoms with E-state index in [1.54, 1.807) is 12.1 Å². The zero-order valence-electron chi connectivity index (χ0n) is 14.9. The Morgan fingerprint density at radius 3 is 2.19 bits per heavy atom. The fourth-order valence-electron chi connectivity index (χ4n) is 2.22. The number of nitrogens with zero attached hydrogens (tertiary/aromatic N) is 1. The molecule has 0 radical (unpaired) electrons. The Balaban J connectivity index is 1.83. The van der Waals surface area contributed by atoms with Gasteiger partial charge in [-0.1, -0.05) is 17.7 Å². The molecule has 0 aliphatic carbocycles. The third-order valence-corrected chi connectivity index (χ3v) is 3.67. The van der Waals surface area contributed by atoms with Crippen molar-refractivity contribution in [1.29, 1.82) is 0 Å². The Labute approximate surface area is 155 Å². The predicted molar refractivity (Wildman–Crippen MR) is 96.1 cm³/mol. The van der Waals surface area contributed by atoms with Crippen molar-refractivity contribution in [2.75, 3.05) is 25.5 Å². The van der Waals surface area contributed by atoms with E-state index in [1.165, 1.54) is 7.05 Å². The lowest BCUT2D eigenvalue weighted by atomic mass is 10.2. The molecule has 27 heavy (non-hydrogen) atoms. The van der Waals surface area contributed by atoms with Crippen molar-refractivity contribution in [3.8, 4) is 0 Å².